The Hall–Kier alpha value is -2.66. The zero-order chi connectivity index (χ0) is 21.5. The van der Waals surface area contributed by atoms with E-state index in [0.717, 1.165) is 44.8 Å². The van der Waals surface area contributed by atoms with Crippen molar-refractivity contribution in [1.29, 1.82) is 0 Å². The van der Waals surface area contributed by atoms with Gasteiger partial charge in [-0.1, -0.05) is 69.2 Å². The summed E-state index contributed by atoms with van der Waals surface area (Å²) in [6, 6.07) is 14.9. The predicted molar refractivity (Wildman–Crippen MR) is 129 cm³/mol. The summed E-state index contributed by atoms with van der Waals surface area (Å²) in [6.07, 6.45) is 6.67. The monoisotopic (exact) mass is 431 g/mol. The molecule has 1 saturated carbocycles. The minimum Gasteiger partial charge on any atom is -0.349 e. The normalized spacial score (nSPS) is 21.6. The Kier molecular flexibility index (Phi) is 5.30. The number of thiazole rings is 1. The number of benzene rings is 2. The summed E-state index contributed by atoms with van der Waals surface area (Å²) in [6.45, 7) is 6.72. The number of hydrogen-bond acceptors (Lipinski definition) is 3. The van der Waals surface area contributed by atoms with Crippen LogP contribution in [0.25, 0.3) is 26.4 Å². The molecule has 2 aromatic heterocycles. The highest BCUT2D eigenvalue weighted by molar-refractivity contribution is 7.23. The fraction of sp³-hybridized carbons (Fsp3) is 0.385. The van der Waals surface area contributed by atoms with Crippen molar-refractivity contribution in [3.8, 4) is 11.3 Å². The fourth-order valence-electron chi connectivity index (χ4n) is 4.73. The summed E-state index contributed by atoms with van der Waals surface area (Å²) in [4.78, 5) is 18.7. The number of imidazole rings is 1. The van der Waals surface area contributed by atoms with Gasteiger partial charge in [0.05, 0.1) is 15.9 Å². The Morgan fingerprint density at radius 2 is 1.97 bits per heavy atom. The van der Waals surface area contributed by atoms with Crippen LogP contribution in [0.15, 0.2) is 48.7 Å². The summed E-state index contributed by atoms with van der Waals surface area (Å²) in [5.41, 5.74) is 5.28. The number of amides is 1. The Morgan fingerprint density at radius 1 is 1.16 bits per heavy atom. The molecule has 1 aliphatic rings. The van der Waals surface area contributed by atoms with Gasteiger partial charge in [-0.15, -0.1) is 0 Å². The molecule has 5 rings (SSSR count). The maximum atomic E-state index is 12.9. The molecule has 31 heavy (non-hydrogen) atoms. The van der Waals surface area contributed by atoms with E-state index in [2.05, 4.69) is 61.0 Å². The molecule has 2 aromatic carbocycles. The topological polar surface area (TPSA) is 46.4 Å². The Balaban J connectivity index is 1.40. The average Bonchev–Trinajstić information content (AvgIpc) is 3.34. The molecule has 0 bridgehead atoms. The maximum absolute atomic E-state index is 12.9. The number of hydrogen-bond donors (Lipinski definition) is 1. The predicted octanol–water partition coefficient (Wildman–Crippen LogP) is 6.33. The highest BCUT2D eigenvalue weighted by atomic mass is 32.1. The lowest BCUT2D eigenvalue weighted by Crippen LogP contribution is -2.43. The molecule has 0 spiro atoms. The van der Waals surface area contributed by atoms with Gasteiger partial charge in [0, 0.05) is 23.4 Å². The second-order valence-corrected chi connectivity index (χ2v) is 9.97. The summed E-state index contributed by atoms with van der Waals surface area (Å²) in [5.74, 6) is 1.23. The molecule has 1 amide bonds. The molecule has 1 N–H and O–H groups in total. The molecule has 5 heteroatoms. The lowest BCUT2D eigenvalue weighted by atomic mass is 9.78. The van der Waals surface area contributed by atoms with Crippen molar-refractivity contribution in [1.82, 2.24) is 14.7 Å². The highest BCUT2D eigenvalue weighted by Gasteiger charge is 2.28. The van der Waals surface area contributed by atoms with Gasteiger partial charge in [-0.25, -0.2) is 4.98 Å². The number of nitrogens with zero attached hydrogens (tertiary/aromatic N) is 2. The summed E-state index contributed by atoms with van der Waals surface area (Å²) in [5, 5.41) is 3.29. The quantitative estimate of drug-likeness (QED) is 0.410. The molecule has 4 nitrogen and oxygen atoms in total. The molecular weight excluding hydrogens is 402 g/mol. The third-order valence-corrected chi connectivity index (χ3v) is 8.06. The largest absolute Gasteiger partial charge is 0.349 e. The molecule has 2 heterocycles. The second kappa shape index (κ2) is 8.12. The SMILES string of the molecule is CCc1ccc(-c2cn3c(n2)sc2cc(C(=O)N[C@@H]4CCC[C@@H](C)[C@@H]4C)ccc23)cc1. The van der Waals surface area contributed by atoms with Crippen LogP contribution in [0.2, 0.25) is 0 Å². The van der Waals surface area contributed by atoms with Crippen LogP contribution < -0.4 is 5.32 Å². The van der Waals surface area contributed by atoms with Gasteiger partial charge in [-0.2, -0.15) is 0 Å². The number of nitrogens with one attached hydrogen (secondary N) is 1. The zero-order valence-electron chi connectivity index (χ0n) is 18.4. The van der Waals surface area contributed by atoms with Crippen molar-refractivity contribution in [3.05, 3.63) is 59.8 Å². The Bertz CT molecular complexity index is 1240. The summed E-state index contributed by atoms with van der Waals surface area (Å²) in [7, 11) is 0. The summed E-state index contributed by atoms with van der Waals surface area (Å²) < 4.78 is 3.23. The number of carbonyl (C=O) groups is 1. The van der Waals surface area contributed by atoms with Crippen LogP contribution in [-0.4, -0.2) is 21.3 Å². The van der Waals surface area contributed by atoms with E-state index in [9.17, 15) is 4.79 Å². The first kappa shape index (κ1) is 20.3. The molecule has 160 valence electrons. The van der Waals surface area contributed by atoms with Gasteiger partial charge in [0.1, 0.15) is 0 Å². The third kappa shape index (κ3) is 3.76. The van der Waals surface area contributed by atoms with E-state index in [0.29, 0.717) is 11.8 Å². The van der Waals surface area contributed by atoms with Crippen LogP contribution in [0.5, 0.6) is 0 Å². The minimum atomic E-state index is 0.0376. The van der Waals surface area contributed by atoms with E-state index in [1.165, 1.54) is 18.4 Å². The van der Waals surface area contributed by atoms with Crippen molar-refractivity contribution < 1.29 is 4.79 Å². The van der Waals surface area contributed by atoms with Crippen molar-refractivity contribution in [2.24, 2.45) is 11.8 Å². The minimum absolute atomic E-state index is 0.0376. The summed E-state index contributed by atoms with van der Waals surface area (Å²) >= 11 is 1.64. The van der Waals surface area contributed by atoms with Gasteiger partial charge in [-0.3, -0.25) is 9.20 Å². The number of rotatable bonds is 4. The molecule has 1 fully saturated rings. The molecule has 0 unspecified atom stereocenters. The zero-order valence-corrected chi connectivity index (χ0v) is 19.2. The number of fused-ring (bicyclic) bond motifs is 3. The molecule has 0 saturated heterocycles. The van der Waals surface area contributed by atoms with Crippen molar-refractivity contribution in [2.45, 2.75) is 52.5 Å². The second-order valence-electron chi connectivity index (χ2n) is 8.96. The average molecular weight is 432 g/mol. The van der Waals surface area contributed by atoms with Crippen LogP contribution in [-0.2, 0) is 6.42 Å². The third-order valence-electron chi connectivity index (χ3n) is 7.04. The van der Waals surface area contributed by atoms with Crippen molar-refractivity contribution >= 4 is 32.4 Å². The van der Waals surface area contributed by atoms with Gasteiger partial charge in [0.15, 0.2) is 4.96 Å². The van der Waals surface area contributed by atoms with E-state index < -0.39 is 0 Å². The van der Waals surface area contributed by atoms with Gasteiger partial charge in [0.2, 0.25) is 0 Å². The van der Waals surface area contributed by atoms with Crippen molar-refractivity contribution in [2.75, 3.05) is 0 Å². The Morgan fingerprint density at radius 3 is 2.74 bits per heavy atom. The van der Waals surface area contributed by atoms with Crippen LogP contribution in [0.4, 0.5) is 0 Å². The molecule has 1 aliphatic carbocycles. The van der Waals surface area contributed by atoms with Gasteiger partial charge in [0.25, 0.3) is 5.91 Å². The van der Waals surface area contributed by atoms with Gasteiger partial charge < -0.3 is 5.32 Å². The maximum Gasteiger partial charge on any atom is 0.251 e. The number of aryl methyl sites for hydroxylation is 1. The van der Waals surface area contributed by atoms with Crippen LogP contribution >= 0.6 is 11.3 Å². The van der Waals surface area contributed by atoms with E-state index in [1.54, 1.807) is 11.3 Å². The Labute approximate surface area is 187 Å². The molecule has 3 atom stereocenters. The lowest BCUT2D eigenvalue weighted by molar-refractivity contribution is 0.0891. The van der Waals surface area contributed by atoms with E-state index in [1.807, 2.05) is 18.2 Å². The molecule has 0 aliphatic heterocycles. The van der Waals surface area contributed by atoms with Crippen LogP contribution in [0.3, 0.4) is 0 Å². The first-order valence-corrected chi connectivity index (χ1v) is 12.2. The first-order valence-electron chi connectivity index (χ1n) is 11.4. The van der Waals surface area contributed by atoms with E-state index in [4.69, 9.17) is 4.98 Å². The van der Waals surface area contributed by atoms with Gasteiger partial charge >= 0.3 is 0 Å². The van der Waals surface area contributed by atoms with Crippen molar-refractivity contribution in [3.63, 3.8) is 0 Å². The first-order chi connectivity index (χ1) is 15.0. The van der Waals surface area contributed by atoms with Crippen LogP contribution in [0, 0.1) is 11.8 Å². The van der Waals surface area contributed by atoms with Gasteiger partial charge in [-0.05, 0) is 48.4 Å². The number of aromatic nitrogens is 2. The van der Waals surface area contributed by atoms with Crippen LogP contribution in [0.1, 0.15) is 56.0 Å². The molecule has 0 radical (unpaired) electrons. The number of carbonyl (C=O) groups excluding carboxylic acids is 1. The molecule has 4 aromatic rings. The van der Waals surface area contributed by atoms with E-state index >= 15 is 0 Å². The fourth-order valence-corrected chi connectivity index (χ4v) is 5.78. The highest BCUT2D eigenvalue weighted by Crippen LogP contribution is 2.32. The standard InChI is InChI=1S/C26H29N3OS/c1-4-18-8-10-19(11-9-18)22-15-29-23-13-12-20(14-24(23)31-26(29)28-22)25(30)27-21-7-5-6-16(2)17(21)3/h8-17,21H,4-7H2,1-3H3,(H,27,30)/t16-,17+,21-/m1/s1. The van der Waals surface area contributed by atoms with E-state index in [-0.39, 0.29) is 11.9 Å². The lowest BCUT2D eigenvalue weighted by Gasteiger charge is -2.34. The molecular formula is C26H29N3OS. The smallest absolute Gasteiger partial charge is 0.251 e.